The van der Waals surface area contributed by atoms with Gasteiger partial charge in [0.1, 0.15) is 16.3 Å². The van der Waals surface area contributed by atoms with Crippen LogP contribution in [0.25, 0.3) is 0 Å². The number of methoxy groups -OCH3 is 1. The summed E-state index contributed by atoms with van der Waals surface area (Å²) in [6.07, 6.45) is 3.04. The Balaban J connectivity index is 1.51. The fraction of sp³-hybridized carbons (Fsp3) is 0.471. The zero-order chi connectivity index (χ0) is 16.8. The molecule has 1 N–H and O–H groups in total. The van der Waals surface area contributed by atoms with Gasteiger partial charge in [-0.05, 0) is 50.1 Å². The van der Waals surface area contributed by atoms with E-state index in [4.69, 9.17) is 4.74 Å². The van der Waals surface area contributed by atoms with E-state index >= 15 is 0 Å². The van der Waals surface area contributed by atoms with Gasteiger partial charge in [0, 0.05) is 18.2 Å². The van der Waals surface area contributed by atoms with E-state index in [9.17, 15) is 4.79 Å². The van der Waals surface area contributed by atoms with E-state index in [0.717, 1.165) is 49.7 Å². The van der Waals surface area contributed by atoms with Crippen molar-refractivity contribution in [2.45, 2.75) is 31.8 Å². The first-order valence-corrected chi connectivity index (χ1v) is 9.05. The fourth-order valence-electron chi connectivity index (χ4n) is 2.93. The fourth-order valence-corrected chi connectivity index (χ4v) is 3.49. The number of amides is 1. The molecule has 1 aromatic carbocycles. The van der Waals surface area contributed by atoms with Crippen LogP contribution in [0.15, 0.2) is 29.8 Å². The second-order valence-electron chi connectivity index (χ2n) is 5.94. The maximum atomic E-state index is 12.4. The van der Waals surface area contributed by atoms with Crippen molar-refractivity contribution >= 4 is 17.2 Å². The van der Waals surface area contributed by atoms with Crippen LogP contribution in [0.5, 0.6) is 5.75 Å². The summed E-state index contributed by atoms with van der Waals surface area (Å²) < 4.78 is 5.12. The maximum absolute atomic E-state index is 12.4. The van der Waals surface area contributed by atoms with Gasteiger partial charge in [0.05, 0.1) is 13.7 Å². The quantitative estimate of drug-likeness (QED) is 0.900. The van der Waals surface area contributed by atoms with Crippen LogP contribution in [-0.4, -0.2) is 47.2 Å². The zero-order valence-electron chi connectivity index (χ0n) is 13.8. The number of nitrogens with one attached hydrogen (secondary N) is 1. The topological polar surface area (TPSA) is 67.3 Å². The number of ether oxygens (including phenoxy) is 1. The SMILES string of the molecule is COc1ccc(C(=O)NC2CCCN(Cc3nncs3)CC2)cc1. The van der Waals surface area contributed by atoms with Crippen LogP contribution in [-0.2, 0) is 6.54 Å². The summed E-state index contributed by atoms with van der Waals surface area (Å²) in [5, 5.41) is 12.2. The zero-order valence-corrected chi connectivity index (χ0v) is 14.6. The first-order valence-electron chi connectivity index (χ1n) is 8.17. The van der Waals surface area contributed by atoms with Gasteiger partial charge in [-0.3, -0.25) is 9.69 Å². The van der Waals surface area contributed by atoms with Crippen LogP contribution in [0, 0.1) is 0 Å². The van der Waals surface area contributed by atoms with Crippen molar-refractivity contribution in [2.24, 2.45) is 0 Å². The lowest BCUT2D eigenvalue weighted by molar-refractivity contribution is 0.0933. The van der Waals surface area contributed by atoms with Crippen LogP contribution in [0.4, 0.5) is 0 Å². The van der Waals surface area contributed by atoms with Crippen molar-refractivity contribution in [1.82, 2.24) is 20.4 Å². The highest BCUT2D eigenvalue weighted by Crippen LogP contribution is 2.16. The molecule has 1 aliphatic rings. The van der Waals surface area contributed by atoms with Crippen molar-refractivity contribution in [2.75, 3.05) is 20.2 Å². The Kier molecular flexibility index (Phi) is 5.77. The van der Waals surface area contributed by atoms with Crippen molar-refractivity contribution < 1.29 is 9.53 Å². The number of nitrogens with zero attached hydrogens (tertiary/aromatic N) is 3. The lowest BCUT2D eigenvalue weighted by atomic mass is 10.1. The lowest BCUT2D eigenvalue weighted by Crippen LogP contribution is -2.35. The molecule has 3 rings (SSSR count). The van der Waals surface area contributed by atoms with E-state index < -0.39 is 0 Å². The molecular weight excluding hydrogens is 324 g/mol. The van der Waals surface area contributed by atoms with Gasteiger partial charge in [-0.2, -0.15) is 0 Å². The molecule has 1 amide bonds. The minimum Gasteiger partial charge on any atom is -0.497 e. The number of carbonyl (C=O) groups is 1. The molecule has 1 unspecified atom stereocenters. The number of hydrogen-bond donors (Lipinski definition) is 1. The van der Waals surface area contributed by atoms with Gasteiger partial charge in [0.2, 0.25) is 0 Å². The molecule has 1 fully saturated rings. The third kappa shape index (κ3) is 4.52. The average molecular weight is 346 g/mol. The molecule has 1 saturated heterocycles. The Hall–Kier alpha value is -1.99. The second-order valence-corrected chi connectivity index (χ2v) is 6.86. The van der Waals surface area contributed by atoms with Gasteiger partial charge in [-0.25, -0.2) is 0 Å². The van der Waals surface area contributed by atoms with Gasteiger partial charge in [0.25, 0.3) is 5.91 Å². The first kappa shape index (κ1) is 16.9. The molecule has 0 aliphatic carbocycles. The summed E-state index contributed by atoms with van der Waals surface area (Å²) in [4.78, 5) is 14.8. The smallest absolute Gasteiger partial charge is 0.251 e. The van der Waals surface area contributed by atoms with Crippen molar-refractivity contribution in [3.63, 3.8) is 0 Å². The summed E-state index contributed by atoms with van der Waals surface area (Å²) >= 11 is 1.59. The highest BCUT2D eigenvalue weighted by Gasteiger charge is 2.20. The summed E-state index contributed by atoms with van der Waals surface area (Å²) in [5.41, 5.74) is 2.44. The molecule has 0 spiro atoms. The summed E-state index contributed by atoms with van der Waals surface area (Å²) in [7, 11) is 1.62. The molecule has 2 heterocycles. The highest BCUT2D eigenvalue weighted by atomic mass is 32.1. The second kappa shape index (κ2) is 8.21. The minimum atomic E-state index is -0.0137. The largest absolute Gasteiger partial charge is 0.497 e. The lowest BCUT2D eigenvalue weighted by Gasteiger charge is -2.19. The molecule has 0 saturated carbocycles. The average Bonchev–Trinajstić information content (AvgIpc) is 3.02. The van der Waals surface area contributed by atoms with Crippen molar-refractivity contribution in [1.29, 1.82) is 0 Å². The number of benzene rings is 1. The van der Waals surface area contributed by atoms with E-state index in [1.807, 2.05) is 12.1 Å². The summed E-state index contributed by atoms with van der Waals surface area (Å²) in [6.45, 7) is 2.85. The Morgan fingerprint density at radius 1 is 1.33 bits per heavy atom. The molecular formula is C17H22N4O2S. The number of likely N-dealkylation sites (tertiary alicyclic amines) is 1. The molecule has 1 aromatic heterocycles. The van der Waals surface area contributed by atoms with Crippen LogP contribution in [0.1, 0.15) is 34.6 Å². The van der Waals surface area contributed by atoms with Crippen LogP contribution < -0.4 is 10.1 Å². The standard InChI is InChI=1S/C17H22N4O2S/c1-23-15-6-4-13(5-7-15)17(22)19-14-3-2-9-21(10-8-14)11-16-20-18-12-24-16/h4-7,12,14H,2-3,8-11H2,1H3,(H,19,22). The molecule has 2 aromatic rings. The third-order valence-corrected chi connectivity index (χ3v) is 4.95. The van der Waals surface area contributed by atoms with E-state index in [1.54, 1.807) is 36.1 Å². The molecule has 1 atom stereocenters. The molecule has 0 bridgehead atoms. The van der Waals surface area contributed by atoms with E-state index in [-0.39, 0.29) is 11.9 Å². The summed E-state index contributed by atoms with van der Waals surface area (Å²) in [6, 6.07) is 7.44. The van der Waals surface area contributed by atoms with E-state index in [0.29, 0.717) is 5.56 Å². The number of hydrogen-bond acceptors (Lipinski definition) is 6. The van der Waals surface area contributed by atoms with Gasteiger partial charge in [-0.1, -0.05) is 0 Å². The Morgan fingerprint density at radius 2 is 2.17 bits per heavy atom. The van der Waals surface area contributed by atoms with Crippen LogP contribution in [0.3, 0.4) is 0 Å². The van der Waals surface area contributed by atoms with Gasteiger partial charge >= 0.3 is 0 Å². The monoisotopic (exact) mass is 346 g/mol. The van der Waals surface area contributed by atoms with Gasteiger partial charge in [-0.15, -0.1) is 21.5 Å². The Labute approximate surface area is 145 Å². The van der Waals surface area contributed by atoms with Crippen LogP contribution in [0.2, 0.25) is 0 Å². The summed E-state index contributed by atoms with van der Waals surface area (Å²) in [5.74, 6) is 0.744. The predicted molar refractivity (Wildman–Crippen MR) is 93.3 cm³/mol. The number of rotatable bonds is 5. The van der Waals surface area contributed by atoms with E-state index in [2.05, 4.69) is 20.4 Å². The molecule has 1 aliphatic heterocycles. The predicted octanol–water partition coefficient (Wildman–Crippen LogP) is 2.33. The van der Waals surface area contributed by atoms with E-state index in [1.165, 1.54) is 0 Å². The third-order valence-electron chi connectivity index (χ3n) is 4.27. The Morgan fingerprint density at radius 3 is 2.88 bits per heavy atom. The molecule has 6 nitrogen and oxygen atoms in total. The van der Waals surface area contributed by atoms with Crippen molar-refractivity contribution in [3.8, 4) is 5.75 Å². The molecule has 0 radical (unpaired) electrons. The maximum Gasteiger partial charge on any atom is 0.251 e. The van der Waals surface area contributed by atoms with Crippen LogP contribution >= 0.6 is 11.3 Å². The Bertz CT molecular complexity index is 645. The highest BCUT2D eigenvalue weighted by molar-refractivity contribution is 7.09. The number of aromatic nitrogens is 2. The molecule has 7 heteroatoms. The molecule has 24 heavy (non-hydrogen) atoms. The normalized spacial score (nSPS) is 18.8. The van der Waals surface area contributed by atoms with Crippen molar-refractivity contribution in [3.05, 3.63) is 40.3 Å². The first-order chi connectivity index (χ1) is 11.7. The minimum absolute atomic E-state index is 0.0137. The van der Waals surface area contributed by atoms with Gasteiger partial charge < -0.3 is 10.1 Å². The van der Waals surface area contributed by atoms with Gasteiger partial charge in [0.15, 0.2) is 0 Å². The number of carbonyl (C=O) groups excluding carboxylic acids is 1. The molecule has 128 valence electrons.